The van der Waals surface area contributed by atoms with Crippen LogP contribution in [0, 0.1) is 11.8 Å². The number of carbonyl (C=O) groups is 5. The Morgan fingerprint density at radius 2 is 1.31 bits per heavy atom. The summed E-state index contributed by atoms with van der Waals surface area (Å²) < 4.78 is 4.75. The lowest BCUT2D eigenvalue weighted by molar-refractivity contribution is -0.139. The highest BCUT2D eigenvalue weighted by molar-refractivity contribution is 6.08. The van der Waals surface area contributed by atoms with E-state index in [-0.39, 0.29) is 47.3 Å². The maximum atomic E-state index is 13.6. The largest absolute Gasteiger partial charge is 0.453 e. The molecule has 2 aliphatic heterocycles. The number of aromatic nitrogens is 6. The van der Waals surface area contributed by atoms with Gasteiger partial charge in [-0.3, -0.25) is 19.2 Å². The quantitative estimate of drug-likeness (QED) is 0.114. The number of aromatic amines is 2. The number of methoxy groups -OCH3 is 1. The lowest BCUT2D eigenvalue weighted by Crippen LogP contribution is -2.51. The molecule has 304 valence electrons. The van der Waals surface area contributed by atoms with Crippen LogP contribution in [0.4, 0.5) is 4.79 Å². The monoisotopic (exact) mass is 792 g/mol. The Hall–Kier alpha value is -6.23. The van der Waals surface area contributed by atoms with Crippen molar-refractivity contribution >= 4 is 51.7 Å². The number of aliphatic hydroxyl groups is 1. The third kappa shape index (κ3) is 7.98. The fraction of sp³-hybridized carbons (Fsp3) is 0.439. The van der Waals surface area contributed by atoms with Crippen LogP contribution in [0.5, 0.6) is 0 Å². The highest BCUT2D eigenvalue weighted by atomic mass is 16.5. The Morgan fingerprint density at radius 3 is 1.84 bits per heavy atom. The number of imidazole rings is 2. The Bertz CT molecular complexity index is 2350. The second-order valence-corrected chi connectivity index (χ2v) is 15.5. The van der Waals surface area contributed by atoms with Gasteiger partial charge in [0.1, 0.15) is 30.3 Å². The number of hydrogen-bond donors (Lipinski definition) is 5. The average Bonchev–Trinajstić information content (AvgIpc) is 4.06. The number of carbonyl (C=O) groups excluding carboxylic acids is 5. The van der Waals surface area contributed by atoms with E-state index in [4.69, 9.17) is 14.7 Å². The summed E-state index contributed by atoms with van der Waals surface area (Å²) in [6.45, 7) is 7.79. The molecule has 2 aliphatic rings. The van der Waals surface area contributed by atoms with Crippen LogP contribution in [0.3, 0.4) is 0 Å². The van der Waals surface area contributed by atoms with Crippen molar-refractivity contribution in [1.82, 2.24) is 50.3 Å². The lowest BCUT2D eigenvalue weighted by atomic mass is 10.0. The summed E-state index contributed by atoms with van der Waals surface area (Å²) in [6, 6.07) is 8.70. The number of ketones is 1. The minimum Gasteiger partial charge on any atom is -0.453 e. The standard InChI is InChI=1S/C41H48N10O7/c1-21(2)33(48-32(53)20-52)39(55)50-14-6-8-30(50)37-45-27-13-11-24(17-29(27)47-37)35(54)38-42-18-25(19-43-38)23-10-12-26-28(16-23)46-36(44-26)31-9-7-15-51(31)40(56)34(22(3)4)49-41(57)58-5/h10-13,16-19,21-22,30-31,33-34,52H,6-9,14-15,20H2,1-5H3,(H,44,46)(H,45,47)(H,48,53)(H,49,57). The van der Waals surface area contributed by atoms with Crippen molar-refractivity contribution in [2.24, 2.45) is 11.8 Å². The molecule has 7 rings (SSSR count). The van der Waals surface area contributed by atoms with Gasteiger partial charge in [0.25, 0.3) is 0 Å². The van der Waals surface area contributed by atoms with Crippen molar-refractivity contribution < 1.29 is 33.8 Å². The molecule has 0 aliphatic carbocycles. The zero-order chi connectivity index (χ0) is 41.2. The molecule has 5 heterocycles. The Morgan fingerprint density at radius 1 is 0.776 bits per heavy atom. The third-order valence-corrected chi connectivity index (χ3v) is 10.9. The minimum atomic E-state index is -0.782. The summed E-state index contributed by atoms with van der Waals surface area (Å²) in [5.41, 5.74) is 4.63. The highest BCUT2D eigenvalue weighted by Gasteiger charge is 2.39. The highest BCUT2D eigenvalue weighted by Crippen LogP contribution is 2.35. The van der Waals surface area contributed by atoms with Gasteiger partial charge in [-0.2, -0.15) is 0 Å². The van der Waals surface area contributed by atoms with Crippen LogP contribution in [0.25, 0.3) is 33.2 Å². The maximum absolute atomic E-state index is 13.6. The van der Waals surface area contributed by atoms with Crippen LogP contribution >= 0.6 is 0 Å². The molecule has 3 aromatic heterocycles. The molecule has 17 nitrogen and oxygen atoms in total. The molecule has 2 fully saturated rings. The lowest BCUT2D eigenvalue weighted by Gasteiger charge is -2.30. The first-order valence-corrected chi connectivity index (χ1v) is 19.6. The molecule has 5 aromatic rings. The van der Waals surface area contributed by atoms with Gasteiger partial charge in [-0.1, -0.05) is 33.8 Å². The maximum Gasteiger partial charge on any atom is 0.407 e. The predicted octanol–water partition coefficient (Wildman–Crippen LogP) is 3.97. The van der Waals surface area contributed by atoms with Gasteiger partial charge in [0, 0.05) is 36.6 Å². The predicted molar refractivity (Wildman–Crippen MR) is 212 cm³/mol. The SMILES string of the molecule is COC(=O)NC(C(=O)N1CCCC1c1nc2ccc(-c3cnc(C(=O)c4ccc5nc(C6CCCN6C(=O)C(NC(=O)CO)C(C)C)[nH]c5c4)nc3)cc2[nH]1)C(C)C. The molecule has 4 amide bonds. The summed E-state index contributed by atoms with van der Waals surface area (Å²) in [4.78, 5) is 93.2. The first-order chi connectivity index (χ1) is 27.9. The number of likely N-dealkylation sites (tertiary alicyclic amines) is 2. The van der Waals surface area contributed by atoms with E-state index in [1.807, 2.05) is 45.9 Å². The van der Waals surface area contributed by atoms with Gasteiger partial charge in [-0.15, -0.1) is 0 Å². The summed E-state index contributed by atoms with van der Waals surface area (Å²) in [5, 5.41) is 14.5. The summed E-state index contributed by atoms with van der Waals surface area (Å²) in [5.74, 6) is -0.443. The first-order valence-electron chi connectivity index (χ1n) is 19.6. The molecule has 4 unspecified atom stereocenters. The number of benzene rings is 2. The Balaban J connectivity index is 1.05. The van der Waals surface area contributed by atoms with Crippen LogP contribution in [-0.2, 0) is 19.1 Å². The van der Waals surface area contributed by atoms with E-state index in [1.165, 1.54) is 7.11 Å². The molecule has 0 spiro atoms. The molecule has 0 saturated carbocycles. The molecule has 4 atom stereocenters. The van der Waals surface area contributed by atoms with E-state index >= 15 is 0 Å². The minimum absolute atomic E-state index is 0.0253. The molecule has 5 N–H and O–H groups in total. The molecule has 0 bridgehead atoms. The van der Waals surface area contributed by atoms with E-state index in [1.54, 1.807) is 40.4 Å². The Kier molecular flexibility index (Phi) is 11.5. The zero-order valence-corrected chi connectivity index (χ0v) is 33.1. The molecular formula is C41H48N10O7. The van der Waals surface area contributed by atoms with E-state index in [0.29, 0.717) is 53.3 Å². The molecule has 0 radical (unpaired) electrons. The number of amides is 4. The number of fused-ring (bicyclic) bond motifs is 2. The van der Waals surface area contributed by atoms with Gasteiger partial charge >= 0.3 is 6.09 Å². The fourth-order valence-electron chi connectivity index (χ4n) is 7.84. The molecule has 17 heteroatoms. The van der Waals surface area contributed by atoms with E-state index in [9.17, 15) is 29.1 Å². The van der Waals surface area contributed by atoms with Crippen LogP contribution in [0.1, 0.15) is 93.3 Å². The van der Waals surface area contributed by atoms with E-state index in [2.05, 4.69) is 30.6 Å². The number of nitrogens with one attached hydrogen (secondary N) is 4. The summed E-state index contributed by atoms with van der Waals surface area (Å²) in [6.07, 6.45) is 5.52. The second-order valence-electron chi connectivity index (χ2n) is 15.5. The molecule has 2 saturated heterocycles. The zero-order valence-electron chi connectivity index (χ0n) is 33.1. The van der Waals surface area contributed by atoms with Gasteiger partial charge < -0.3 is 40.2 Å². The van der Waals surface area contributed by atoms with Gasteiger partial charge in [-0.25, -0.2) is 24.7 Å². The van der Waals surface area contributed by atoms with Crippen molar-refractivity contribution in [1.29, 1.82) is 0 Å². The Labute approximate surface area is 334 Å². The van der Waals surface area contributed by atoms with Crippen LogP contribution in [0.2, 0.25) is 0 Å². The number of rotatable bonds is 12. The number of aliphatic hydroxyl groups excluding tert-OH is 1. The van der Waals surface area contributed by atoms with E-state index in [0.717, 1.165) is 35.9 Å². The molecule has 58 heavy (non-hydrogen) atoms. The second kappa shape index (κ2) is 16.7. The van der Waals surface area contributed by atoms with Crippen molar-refractivity contribution in [3.05, 3.63) is 71.8 Å². The molecule has 2 aromatic carbocycles. The fourth-order valence-corrected chi connectivity index (χ4v) is 7.84. The van der Waals surface area contributed by atoms with E-state index < -0.39 is 30.7 Å². The first kappa shape index (κ1) is 40.0. The van der Waals surface area contributed by atoms with Crippen molar-refractivity contribution in [3.63, 3.8) is 0 Å². The average molecular weight is 793 g/mol. The van der Waals surface area contributed by atoms with Crippen LogP contribution in [0.15, 0.2) is 48.8 Å². The number of hydrogen-bond acceptors (Lipinski definition) is 11. The van der Waals surface area contributed by atoms with Crippen molar-refractivity contribution in [2.45, 2.75) is 77.5 Å². The summed E-state index contributed by atoms with van der Waals surface area (Å²) >= 11 is 0. The van der Waals surface area contributed by atoms with Crippen molar-refractivity contribution in [2.75, 3.05) is 26.8 Å². The van der Waals surface area contributed by atoms with Gasteiger partial charge in [0.05, 0.1) is 41.3 Å². The van der Waals surface area contributed by atoms with Crippen molar-refractivity contribution in [3.8, 4) is 11.1 Å². The van der Waals surface area contributed by atoms with Gasteiger partial charge in [-0.05, 0) is 73.4 Å². The van der Waals surface area contributed by atoms with Gasteiger partial charge in [0.2, 0.25) is 29.3 Å². The number of ether oxygens (including phenoxy) is 1. The topological polar surface area (TPSA) is 228 Å². The third-order valence-electron chi connectivity index (χ3n) is 10.9. The number of nitrogens with zero attached hydrogens (tertiary/aromatic N) is 6. The van der Waals surface area contributed by atoms with Crippen LogP contribution < -0.4 is 10.6 Å². The smallest absolute Gasteiger partial charge is 0.407 e. The normalized spacial score (nSPS) is 17.9. The summed E-state index contributed by atoms with van der Waals surface area (Å²) in [7, 11) is 1.27. The molecular weight excluding hydrogens is 745 g/mol. The number of alkyl carbamates (subject to hydrolysis) is 1. The number of H-pyrrole nitrogens is 2. The van der Waals surface area contributed by atoms with Crippen LogP contribution in [-0.4, -0.2) is 113 Å². The van der Waals surface area contributed by atoms with Gasteiger partial charge in [0.15, 0.2) is 0 Å².